The average Bonchev–Trinajstić information content (AvgIpc) is 2.99. The highest BCUT2D eigenvalue weighted by molar-refractivity contribution is 8.18. The van der Waals surface area contributed by atoms with E-state index in [0.717, 1.165) is 11.8 Å². The molecule has 1 heterocycles. The number of hydrogen-bond acceptors (Lipinski definition) is 5. The number of nitrogens with one attached hydrogen (secondary N) is 1. The van der Waals surface area contributed by atoms with E-state index in [1.54, 1.807) is 43.3 Å². The fraction of sp³-hybridized carbons (Fsp3) is 0.105. The zero-order valence-corrected chi connectivity index (χ0v) is 16.9. The minimum atomic E-state index is -0.493. The largest absolute Gasteiger partial charge is 0.503 e. The lowest BCUT2D eigenvalue weighted by molar-refractivity contribution is -0.115. The van der Waals surface area contributed by atoms with Crippen LogP contribution in [0.1, 0.15) is 22.8 Å². The number of carbonyl (C=O) groups is 2. The van der Waals surface area contributed by atoms with Gasteiger partial charge in [0.1, 0.15) is 0 Å². The lowest BCUT2D eigenvalue weighted by Crippen LogP contribution is -2.20. The number of carbonyl (C=O) groups excluding carboxylic acids is 2. The number of nitrogens with zero attached hydrogens (tertiary/aromatic N) is 1. The van der Waals surface area contributed by atoms with E-state index in [-0.39, 0.29) is 21.7 Å². The van der Waals surface area contributed by atoms with E-state index in [9.17, 15) is 14.7 Å². The SMILES string of the molecule is CCOc1cc(/C=C2\SC(=NC(=O)c3ccc(Cl)cc3)NC2=O)cc(Cl)c1O. The van der Waals surface area contributed by atoms with Gasteiger partial charge in [0, 0.05) is 10.6 Å². The second-order valence-electron chi connectivity index (χ2n) is 5.58. The predicted octanol–water partition coefficient (Wildman–Crippen LogP) is 4.50. The highest BCUT2D eigenvalue weighted by atomic mass is 35.5. The molecule has 2 aromatic carbocycles. The number of ether oxygens (including phenoxy) is 1. The summed E-state index contributed by atoms with van der Waals surface area (Å²) < 4.78 is 5.33. The molecule has 0 radical (unpaired) electrons. The number of aromatic hydroxyl groups is 1. The Morgan fingerprint density at radius 3 is 2.68 bits per heavy atom. The van der Waals surface area contributed by atoms with Gasteiger partial charge in [-0.05, 0) is 66.7 Å². The summed E-state index contributed by atoms with van der Waals surface area (Å²) in [6, 6.07) is 9.37. The van der Waals surface area contributed by atoms with Crippen LogP contribution in [0.4, 0.5) is 0 Å². The third-order valence-electron chi connectivity index (χ3n) is 3.59. The first-order valence-electron chi connectivity index (χ1n) is 8.12. The number of aliphatic imine (C=N–C) groups is 1. The molecule has 2 amide bonds. The molecule has 0 unspecified atom stereocenters. The van der Waals surface area contributed by atoms with Gasteiger partial charge in [-0.2, -0.15) is 4.99 Å². The number of rotatable bonds is 4. The molecule has 0 aliphatic carbocycles. The van der Waals surface area contributed by atoms with Gasteiger partial charge in [0.05, 0.1) is 16.5 Å². The van der Waals surface area contributed by atoms with Gasteiger partial charge < -0.3 is 15.2 Å². The van der Waals surface area contributed by atoms with Crippen LogP contribution in [-0.4, -0.2) is 28.7 Å². The smallest absolute Gasteiger partial charge is 0.279 e. The Morgan fingerprint density at radius 2 is 2.00 bits per heavy atom. The van der Waals surface area contributed by atoms with Gasteiger partial charge in [0.2, 0.25) is 0 Å². The van der Waals surface area contributed by atoms with Crippen LogP contribution >= 0.6 is 35.0 Å². The maximum absolute atomic E-state index is 12.2. The van der Waals surface area contributed by atoms with E-state index in [1.165, 1.54) is 6.07 Å². The van der Waals surface area contributed by atoms with Crippen LogP contribution in [-0.2, 0) is 4.79 Å². The number of benzene rings is 2. The topological polar surface area (TPSA) is 88.0 Å². The summed E-state index contributed by atoms with van der Waals surface area (Å²) in [7, 11) is 0. The molecule has 0 atom stereocenters. The van der Waals surface area contributed by atoms with Crippen LogP contribution in [0.3, 0.4) is 0 Å². The monoisotopic (exact) mass is 436 g/mol. The number of amides is 2. The van der Waals surface area contributed by atoms with Crippen molar-refractivity contribution >= 4 is 58.0 Å². The summed E-state index contributed by atoms with van der Waals surface area (Å²) in [6.45, 7) is 2.13. The van der Waals surface area contributed by atoms with Crippen molar-refractivity contribution in [3.8, 4) is 11.5 Å². The fourth-order valence-electron chi connectivity index (χ4n) is 2.32. The van der Waals surface area contributed by atoms with Gasteiger partial charge in [-0.1, -0.05) is 23.2 Å². The Balaban J connectivity index is 1.82. The number of thioether (sulfide) groups is 1. The molecule has 3 rings (SSSR count). The lowest BCUT2D eigenvalue weighted by atomic mass is 10.2. The Hall–Kier alpha value is -2.48. The van der Waals surface area contributed by atoms with Crippen molar-refractivity contribution in [1.29, 1.82) is 0 Å². The Labute approximate surface area is 175 Å². The molecular formula is C19H14Cl2N2O4S. The second-order valence-corrected chi connectivity index (χ2v) is 7.45. The highest BCUT2D eigenvalue weighted by Crippen LogP contribution is 2.37. The van der Waals surface area contributed by atoms with Crippen LogP contribution in [0.2, 0.25) is 10.0 Å². The lowest BCUT2D eigenvalue weighted by Gasteiger charge is -2.08. The van der Waals surface area contributed by atoms with Crippen molar-refractivity contribution in [3.63, 3.8) is 0 Å². The van der Waals surface area contributed by atoms with Gasteiger partial charge in [0.25, 0.3) is 11.8 Å². The van der Waals surface area contributed by atoms with E-state index in [1.807, 2.05) is 0 Å². The Kier molecular flexibility index (Phi) is 6.28. The molecule has 0 bridgehead atoms. The minimum Gasteiger partial charge on any atom is -0.503 e. The van der Waals surface area contributed by atoms with E-state index < -0.39 is 11.8 Å². The molecule has 1 aliphatic rings. The Morgan fingerprint density at radius 1 is 1.29 bits per heavy atom. The molecule has 9 heteroatoms. The number of amidine groups is 1. The zero-order chi connectivity index (χ0) is 20.3. The second kappa shape index (κ2) is 8.68. The van der Waals surface area contributed by atoms with E-state index in [4.69, 9.17) is 27.9 Å². The first kappa shape index (κ1) is 20.3. The van der Waals surface area contributed by atoms with Gasteiger partial charge in [0.15, 0.2) is 16.7 Å². The molecule has 1 fully saturated rings. The molecular weight excluding hydrogens is 423 g/mol. The zero-order valence-electron chi connectivity index (χ0n) is 14.5. The van der Waals surface area contributed by atoms with Crippen LogP contribution < -0.4 is 10.1 Å². The van der Waals surface area contributed by atoms with Crippen molar-refractivity contribution < 1.29 is 19.4 Å². The van der Waals surface area contributed by atoms with Crippen LogP contribution in [0.15, 0.2) is 46.3 Å². The summed E-state index contributed by atoms with van der Waals surface area (Å²) in [4.78, 5) is 28.7. The minimum absolute atomic E-state index is 0.105. The molecule has 2 aromatic rings. The summed E-state index contributed by atoms with van der Waals surface area (Å²) in [5.74, 6) is -0.830. The maximum Gasteiger partial charge on any atom is 0.279 e. The van der Waals surface area contributed by atoms with Crippen molar-refractivity contribution in [2.45, 2.75) is 6.92 Å². The van der Waals surface area contributed by atoms with Crippen molar-refractivity contribution in [3.05, 3.63) is 62.5 Å². The molecule has 0 spiro atoms. The fourth-order valence-corrected chi connectivity index (χ4v) is 3.49. The van der Waals surface area contributed by atoms with E-state index in [0.29, 0.717) is 27.7 Å². The highest BCUT2D eigenvalue weighted by Gasteiger charge is 2.25. The van der Waals surface area contributed by atoms with Crippen molar-refractivity contribution in [2.24, 2.45) is 4.99 Å². The number of hydrogen-bond donors (Lipinski definition) is 2. The van der Waals surface area contributed by atoms with E-state index in [2.05, 4.69) is 10.3 Å². The molecule has 2 N–H and O–H groups in total. The standard InChI is InChI=1S/C19H14Cl2N2O4S/c1-2-27-14-8-10(7-13(21)16(14)24)9-15-18(26)23-19(28-15)22-17(25)11-3-5-12(20)6-4-11/h3-9,24H,2H2,1H3,(H,22,23,25,26)/b15-9-. The first-order chi connectivity index (χ1) is 13.4. The predicted molar refractivity (Wildman–Crippen MR) is 111 cm³/mol. The van der Waals surface area contributed by atoms with Crippen molar-refractivity contribution in [2.75, 3.05) is 6.61 Å². The molecule has 28 heavy (non-hydrogen) atoms. The van der Waals surface area contributed by atoms with Gasteiger partial charge >= 0.3 is 0 Å². The maximum atomic E-state index is 12.2. The van der Waals surface area contributed by atoms with Gasteiger partial charge in [-0.3, -0.25) is 9.59 Å². The number of phenolic OH excluding ortho intramolecular Hbond substituents is 1. The quantitative estimate of drug-likeness (QED) is 0.688. The number of halogens is 2. The number of phenols is 1. The third kappa shape index (κ3) is 4.67. The molecule has 144 valence electrons. The van der Waals surface area contributed by atoms with Crippen LogP contribution in [0.25, 0.3) is 6.08 Å². The van der Waals surface area contributed by atoms with E-state index >= 15 is 0 Å². The van der Waals surface area contributed by atoms with Gasteiger partial charge in [-0.15, -0.1) is 0 Å². The summed E-state index contributed by atoms with van der Waals surface area (Å²) in [5, 5.41) is 13.2. The van der Waals surface area contributed by atoms with Crippen LogP contribution in [0.5, 0.6) is 11.5 Å². The normalized spacial score (nSPS) is 16.5. The first-order valence-corrected chi connectivity index (χ1v) is 9.69. The Bertz CT molecular complexity index is 1000. The molecule has 1 saturated heterocycles. The summed E-state index contributed by atoms with van der Waals surface area (Å²) >= 11 is 12.8. The molecule has 6 nitrogen and oxygen atoms in total. The van der Waals surface area contributed by atoms with Crippen molar-refractivity contribution in [1.82, 2.24) is 5.32 Å². The summed E-state index contributed by atoms with van der Waals surface area (Å²) in [5.41, 5.74) is 0.921. The summed E-state index contributed by atoms with van der Waals surface area (Å²) in [6.07, 6.45) is 1.57. The molecule has 1 aliphatic heterocycles. The third-order valence-corrected chi connectivity index (χ3v) is 5.04. The van der Waals surface area contributed by atoms with Crippen LogP contribution in [0, 0.1) is 0 Å². The average molecular weight is 437 g/mol. The van der Waals surface area contributed by atoms with Gasteiger partial charge in [-0.25, -0.2) is 0 Å². The molecule has 0 aromatic heterocycles. The molecule has 0 saturated carbocycles.